The molecule has 1 aromatic heterocycles. The number of benzene rings is 1. The van der Waals surface area contributed by atoms with Crippen LogP contribution in [0, 0.1) is 27.7 Å². The number of aromatic nitrogens is 2. The molecule has 0 aliphatic rings. The average molecular weight is 345 g/mol. The second-order valence-corrected chi connectivity index (χ2v) is 6.18. The summed E-state index contributed by atoms with van der Waals surface area (Å²) in [5.41, 5.74) is 5.71. The second kappa shape index (κ2) is 7.44. The number of carbonyl (C=O) groups is 1. The van der Waals surface area contributed by atoms with Crippen LogP contribution in [0.3, 0.4) is 0 Å². The zero-order valence-corrected chi connectivity index (χ0v) is 15.5. The van der Waals surface area contributed by atoms with Crippen LogP contribution in [-0.4, -0.2) is 27.3 Å². The zero-order chi connectivity index (χ0) is 17.9. The highest BCUT2D eigenvalue weighted by Crippen LogP contribution is 2.18. The number of rotatable bonds is 4. The van der Waals surface area contributed by atoms with E-state index in [2.05, 4.69) is 21.0 Å². The number of aryl methyl sites for hydroxylation is 3. The Kier molecular flexibility index (Phi) is 5.56. The molecule has 0 spiro atoms. The Labute approximate surface area is 147 Å². The number of anilines is 2. The normalized spacial score (nSPS) is 10.4. The van der Waals surface area contributed by atoms with Crippen LogP contribution in [0.5, 0.6) is 0 Å². The standard InChI is InChI=1S/C17H23N5OS/c1-10-7-6-8-14(11(10)2)19-17(24)18-9-15(23)20-16-12(3)21-22(5)13(16)4/h6-8H,9H2,1-5H3,(H,20,23)(H2,18,19,24). The molecule has 1 aromatic carbocycles. The lowest BCUT2D eigenvalue weighted by atomic mass is 10.1. The van der Waals surface area contributed by atoms with Gasteiger partial charge in [0, 0.05) is 12.7 Å². The molecule has 0 radical (unpaired) electrons. The molecule has 0 atom stereocenters. The van der Waals surface area contributed by atoms with Gasteiger partial charge in [-0.3, -0.25) is 9.48 Å². The molecule has 128 valence electrons. The molecule has 0 unspecified atom stereocenters. The third-order valence-corrected chi connectivity index (χ3v) is 4.28. The van der Waals surface area contributed by atoms with Gasteiger partial charge in [-0.05, 0) is 57.1 Å². The van der Waals surface area contributed by atoms with Gasteiger partial charge in [0.1, 0.15) is 0 Å². The maximum absolute atomic E-state index is 12.1. The second-order valence-electron chi connectivity index (χ2n) is 5.77. The zero-order valence-electron chi connectivity index (χ0n) is 14.7. The molecule has 6 nitrogen and oxygen atoms in total. The molecule has 2 aromatic rings. The lowest BCUT2D eigenvalue weighted by molar-refractivity contribution is -0.115. The number of hydrogen-bond donors (Lipinski definition) is 3. The van der Waals surface area contributed by atoms with Crippen LogP contribution in [0.1, 0.15) is 22.5 Å². The third kappa shape index (κ3) is 4.11. The lowest BCUT2D eigenvalue weighted by Crippen LogP contribution is -2.35. The van der Waals surface area contributed by atoms with Crippen LogP contribution < -0.4 is 16.0 Å². The van der Waals surface area contributed by atoms with E-state index in [0.717, 1.165) is 28.3 Å². The highest BCUT2D eigenvalue weighted by atomic mass is 32.1. The van der Waals surface area contributed by atoms with E-state index in [-0.39, 0.29) is 12.5 Å². The van der Waals surface area contributed by atoms with Crippen LogP contribution in [-0.2, 0) is 11.8 Å². The van der Waals surface area contributed by atoms with E-state index in [4.69, 9.17) is 12.2 Å². The minimum absolute atomic E-state index is 0.0878. The first-order chi connectivity index (χ1) is 11.3. The van der Waals surface area contributed by atoms with Crippen LogP contribution in [0.15, 0.2) is 18.2 Å². The SMILES string of the molecule is Cc1cccc(NC(=S)NCC(=O)Nc2c(C)nn(C)c2C)c1C. The molecular weight excluding hydrogens is 322 g/mol. The van der Waals surface area contributed by atoms with E-state index in [0.29, 0.717) is 5.11 Å². The van der Waals surface area contributed by atoms with Gasteiger partial charge in [0.25, 0.3) is 0 Å². The first-order valence-electron chi connectivity index (χ1n) is 7.70. The van der Waals surface area contributed by atoms with Crippen molar-refractivity contribution in [3.63, 3.8) is 0 Å². The molecule has 0 saturated heterocycles. The van der Waals surface area contributed by atoms with Crippen molar-refractivity contribution in [2.45, 2.75) is 27.7 Å². The predicted molar refractivity (Wildman–Crippen MR) is 101 cm³/mol. The van der Waals surface area contributed by atoms with Crippen LogP contribution in [0.4, 0.5) is 11.4 Å². The molecule has 1 heterocycles. The highest BCUT2D eigenvalue weighted by Gasteiger charge is 2.12. The lowest BCUT2D eigenvalue weighted by Gasteiger charge is -2.13. The molecule has 0 aliphatic carbocycles. The summed E-state index contributed by atoms with van der Waals surface area (Å²) < 4.78 is 1.74. The van der Waals surface area contributed by atoms with Crippen molar-refractivity contribution in [1.82, 2.24) is 15.1 Å². The van der Waals surface area contributed by atoms with E-state index in [1.165, 1.54) is 5.56 Å². The van der Waals surface area contributed by atoms with Crippen LogP contribution in [0.25, 0.3) is 0 Å². The minimum atomic E-state index is -0.167. The molecule has 0 aliphatic heterocycles. The summed E-state index contributed by atoms with van der Waals surface area (Å²) in [4.78, 5) is 12.1. The highest BCUT2D eigenvalue weighted by molar-refractivity contribution is 7.80. The molecule has 0 fully saturated rings. The molecule has 3 N–H and O–H groups in total. The fourth-order valence-corrected chi connectivity index (χ4v) is 2.53. The maximum atomic E-state index is 12.1. The topological polar surface area (TPSA) is 71.0 Å². The quantitative estimate of drug-likeness (QED) is 0.743. The molecular formula is C17H23N5OS. The summed E-state index contributed by atoms with van der Waals surface area (Å²) in [6.45, 7) is 7.94. The Bertz CT molecular complexity index is 782. The smallest absolute Gasteiger partial charge is 0.243 e. The van der Waals surface area contributed by atoms with E-state index in [9.17, 15) is 4.79 Å². The van der Waals surface area contributed by atoms with Crippen LogP contribution in [0.2, 0.25) is 0 Å². The Morgan fingerprint density at radius 2 is 1.92 bits per heavy atom. The van der Waals surface area contributed by atoms with E-state index >= 15 is 0 Å². The van der Waals surface area contributed by atoms with Gasteiger partial charge in [0.05, 0.1) is 23.6 Å². The van der Waals surface area contributed by atoms with Crippen LogP contribution >= 0.6 is 12.2 Å². The Morgan fingerprint density at radius 3 is 2.54 bits per heavy atom. The number of nitrogens with one attached hydrogen (secondary N) is 3. The van der Waals surface area contributed by atoms with E-state index < -0.39 is 0 Å². The average Bonchev–Trinajstić information content (AvgIpc) is 2.76. The summed E-state index contributed by atoms with van der Waals surface area (Å²) in [5.74, 6) is -0.167. The minimum Gasteiger partial charge on any atom is -0.353 e. The van der Waals surface area contributed by atoms with Gasteiger partial charge in [0.15, 0.2) is 5.11 Å². The van der Waals surface area contributed by atoms with Crippen molar-refractivity contribution in [1.29, 1.82) is 0 Å². The summed E-state index contributed by atoms with van der Waals surface area (Å²) >= 11 is 5.26. The molecule has 1 amide bonds. The maximum Gasteiger partial charge on any atom is 0.243 e. The molecule has 0 saturated carbocycles. The third-order valence-electron chi connectivity index (χ3n) is 4.04. The van der Waals surface area contributed by atoms with Crippen molar-refractivity contribution >= 4 is 34.6 Å². The molecule has 24 heavy (non-hydrogen) atoms. The predicted octanol–water partition coefficient (Wildman–Crippen LogP) is 2.58. The summed E-state index contributed by atoms with van der Waals surface area (Å²) in [5, 5.41) is 13.6. The number of amides is 1. The summed E-state index contributed by atoms with van der Waals surface area (Å²) in [6.07, 6.45) is 0. The first-order valence-corrected chi connectivity index (χ1v) is 8.11. The monoisotopic (exact) mass is 345 g/mol. The molecule has 2 rings (SSSR count). The number of nitrogens with zero attached hydrogens (tertiary/aromatic N) is 2. The van der Waals surface area contributed by atoms with Crippen molar-refractivity contribution in [3.05, 3.63) is 40.7 Å². The van der Waals surface area contributed by atoms with Gasteiger partial charge in [-0.2, -0.15) is 5.10 Å². The number of thiocarbonyl (C=S) groups is 1. The van der Waals surface area contributed by atoms with Crippen molar-refractivity contribution < 1.29 is 4.79 Å². The Balaban J connectivity index is 1.89. The van der Waals surface area contributed by atoms with E-state index in [1.54, 1.807) is 4.68 Å². The van der Waals surface area contributed by atoms with Gasteiger partial charge in [-0.15, -0.1) is 0 Å². The van der Waals surface area contributed by atoms with Crippen molar-refractivity contribution in [3.8, 4) is 0 Å². The van der Waals surface area contributed by atoms with Gasteiger partial charge < -0.3 is 16.0 Å². The number of hydrogen-bond acceptors (Lipinski definition) is 3. The van der Waals surface area contributed by atoms with Gasteiger partial charge in [0.2, 0.25) is 5.91 Å². The fourth-order valence-electron chi connectivity index (χ4n) is 2.35. The Hall–Kier alpha value is -2.41. The summed E-state index contributed by atoms with van der Waals surface area (Å²) in [6, 6.07) is 5.97. The fraction of sp³-hybridized carbons (Fsp3) is 0.353. The van der Waals surface area contributed by atoms with Gasteiger partial charge in [-0.25, -0.2) is 0 Å². The van der Waals surface area contributed by atoms with E-state index in [1.807, 2.05) is 52.9 Å². The molecule has 7 heteroatoms. The van der Waals surface area contributed by atoms with Gasteiger partial charge >= 0.3 is 0 Å². The largest absolute Gasteiger partial charge is 0.353 e. The summed E-state index contributed by atoms with van der Waals surface area (Å²) in [7, 11) is 1.85. The molecule has 0 bridgehead atoms. The first kappa shape index (κ1) is 17.9. The van der Waals surface area contributed by atoms with Crippen molar-refractivity contribution in [2.75, 3.05) is 17.2 Å². The Morgan fingerprint density at radius 1 is 1.21 bits per heavy atom. The number of carbonyl (C=O) groups excluding carboxylic acids is 1. The van der Waals surface area contributed by atoms with Crippen molar-refractivity contribution in [2.24, 2.45) is 7.05 Å². The van der Waals surface area contributed by atoms with Gasteiger partial charge in [-0.1, -0.05) is 12.1 Å².